The minimum absolute atomic E-state index is 1.15. The van der Waals surface area contributed by atoms with Crippen LogP contribution in [0.5, 0.6) is 0 Å². The predicted octanol–water partition coefficient (Wildman–Crippen LogP) is 6.65. The van der Waals surface area contributed by atoms with E-state index in [2.05, 4.69) is 73.1 Å². The number of nitrogens with zero attached hydrogens (tertiary/aromatic N) is 1. The van der Waals surface area contributed by atoms with Gasteiger partial charge in [-0.3, -0.25) is 0 Å². The number of aryl methyl sites for hydroxylation is 2. The van der Waals surface area contributed by atoms with Crippen molar-refractivity contribution in [1.29, 1.82) is 0 Å². The zero-order valence-corrected chi connectivity index (χ0v) is 14.8. The first-order valence-electron chi connectivity index (χ1n) is 8.59. The van der Waals surface area contributed by atoms with Gasteiger partial charge in [0.05, 0.1) is 5.52 Å². The van der Waals surface area contributed by atoms with Crippen LogP contribution in [0.15, 0.2) is 54.6 Å². The first-order valence-corrected chi connectivity index (χ1v) is 9.41. The molecule has 2 aromatic heterocycles. The van der Waals surface area contributed by atoms with E-state index in [0.717, 1.165) is 6.42 Å². The van der Waals surface area contributed by atoms with Crippen LogP contribution in [0.4, 0.5) is 0 Å². The Bertz CT molecular complexity index is 1220. The lowest BCUT2D eigenvalue weighted by molar-refractivity contribution is 0.930. The van der Waals surface area contributed by atoms with Crippen molar-refractivity contribution < 1.29 is 0 Å². The van der Waals surface area contributed by atoms with Crippen LogP contribution in [-0.2, 0) is 13.5 Å². The Hall–Kier alpha value is -2.32. The van der Waals surface area contributed by atoms with E-state index in [-0.39, 0.29) is 0 Å². The first-order chi connectivity index (χ1) is 11.8. The van der Waals surface area contributed by atoms with Crippen molar-refractivity contribution in [2.75, 3.05) is 0 Å². The van der Waals surface area contributed by atoms with Gasteiger partial charge in [0.25, 0.3) is 0 Å². The molecule has 0 amide bonds. The minimum atomic E-state index is 1.15. The van der Waals surface area contributed by atoms with Crippen molar-refractivity contribution in [3.05, 3.63) is 60.2 Å². The van der Waals surface area contributed by atoms with Crippen LogP contribution < -0.4 is 0 Å². The summed E-state index contributed by atoms with van der Waals surface area (Å²) in [4.78, 5) is 0. The molecule has 0 fully saturated rings. The van der Waals surface area contributed by atoms with Gasteiger partial charge in [-0.15, -0.1) is 11.3 Å². The SMILES string of the molecule is CCCc1cccc2sc3cc4c(cc3c12)c1ccccc1n4C. The Balaban J connectivity index is 1.99. The molecule has 2 heterocycles. The van der Waals surface area contributed by atoms with Crippen LogP contribution in [-0.4, -0.2) is 4.57 Å². The highest BCUT2D eigenvalue weighted by Crippen LogP contribution is 2.40. The van der Waals surface area contributed by atoms with Gasteiger partial charge in [0, 0.05) is 43.5 Å². The molecule has 0 saturated carbocycles. The molecule has 0 unspecified atom stereocenters. The molecular formula is C22H19NS. The molecule has 3 aromatic carbocycles. The fourth-order valence-corrected chi connectivity index (χ4v) is 5.20. The molecule has 0 N–H and O–H groups in total. The molecule has 2 heteroatoms. The predicted molar refractivity (Wildman–Crippen MR) is 107 cm³/mol. The van der Waals surface area contributed by atoms with Gasteiger partial charge in [-0.2, -0.15) is 0 Å². The molecule has 0 aliphatic heterocycles. The Labute approximate surface area is 145 Å². The fourth-order valence-electron chi connectivity index (χ4n) is 4.03. The summed E-state index contributed by atoms with van der Waals surface area (Å²) in [5, 5.41) is 5.60. The molecule has 1 nitrogen and oxygen atoms in total. The summed E-state index contributed by atoms with van der Waals surface area (Å²) in [6, 6.07) is 20.3. The number of fused-ring (bicyclic) bond motifs is 6. The van der Waals surface area contributed by atoms with Crippen molar-refractivity contribution >= 4 is 53.3 Å². The third-order valence-electron chi connectivity index (χ3n) is 5.14. The number of rotatable bonds is 2. The summed E-state index contributed by atoms with van der Waals surface area (Å²) in [5.41, 5.74) is 4.12. The largest absolute Gasteiger partial charge is 0.344 e. The number of hydrogen-bond acceptors (Lipinski definition) is 1. The van der Waals surface area contributed by atoms with E-state index in [1.165, 1.54) is 54.0 Å². The van der Waals surface area contributed by atoms with Crippen molar-refractivity contribution in [3.63, 3.8) is 0 Å². The summed E-state index contributed by atoms with van der Waals surface area (Å²) in [5.74, 6) is 0. The highest BCUT2D eigenvalue weighted by molar-refractivity contribution is 7.25. The maximum absolute atomic E-state index is 2.42. The number of hydrogen-bond donors (Lipinski definition) is 0. The molecule has 5 rings (SSSR count). The van der Waals surface area contributed by atoms with Crippen molar-refractivity contribution in [3.8, 4) is 0 Å². The summed E-state index contributed by atoms with van der Waals surface area (Å²) < 4.78 is 5.13. The Morgan fingerprint density at radius 1 is 0.833 bits per heavy atom. The van der Waals surface area contributed by atoms with Gasteiger partial charge in [0.15, 0.2) is 0 Å². The van der Waals surface area contributed by atoms with Gasteiger partial charge in [-0.05, 0) is 36.2 Å². The monoisotopic (exact) mass is 329 g/mol. The van der Waals surface area contributed by atoms with E-state index in [4.69, 9.17) is 0 Å². The molecule has 0 aliphatic carbocycles. The lowest BCUT2D eigenvalue weighted by atomic mass is 10.0. The second-order valence-electron chi connectivity index (χ2n) is 6.58. The molecule has 118 valence electrons. The zero-order chi connectivity index (χ0) is 16.3. The molecule has 5 aromatic rings. The Morgan fingerprint density at radius 3 is 2.58 bits per heavy atom. The van der Waals surface area contributed by atoms with E-state index in [9.17, 15) is 0 Å². The van der Waals surface area contributed by atoms with E-state index >= 15 is 0 Å². The molecule has 24 heavy (non-hydrogen) atoms. The van der Waals surface area contributed by atoms with Crippen LogP contribution in [0, 0.1) is 0 Å². The lowest BCUT2D eigenvalue weighted by Gasteiger charge is -2.02. The van der Waals surface area contributed by atoms with Crippen LogP contribution in [0.2, 0.25) is 0 Å². The van der Waals surface area contributed by atoms with E-state index < -0.39 is 0 Å². The maximum atomic E-state index is 2.42. The third kappa shape index (κ3) is 1.81. The Morgan fingerprint density at radius 2 is 1.71 bits per heavy atom. The summed E-state index contributed by atoms with van der Waals surface area (Å²) in [7, 11) is 2.17. The van der Waals surface area contributed by atoms with Crippen LogP contribution in [0.25, 0.3) is 42.0 Å². The van der Waals surface area contributed by atoms with Gasteiger partial charge in [-0.1, -0.05) is 43.7 Å². The number of benzene rings is 3. The van der Waals surface area contributed by atoms with E-state index in [0.29, 0.717) is 0 Å². The first kappa shape index (κ1) is 14.1. The lowest BCUT2D eigenvalue weighted by Crippen LogP contribution is -1.86. The van der Waals surface area contributed by atoms with Gasteiger partial charge in [-0.25, -0.2) is 0 Å². The standard InChI is InChI=1S/C22H19NS/c1-3-7-14-8-6-11-20-22(14)17-12-16-15-9-4-5-10-18(15)23(2)19(16)13-21(17)24-20/h4-6,8-13H,3,7H2,1-2H3. The highest BCUT2D eigenvalue weighted by Gasteiger charge is 2.13. The molecular weight excluding hydrogens is 310 g/mol. The summed E-state index contributed by atoms with van der Waals surface area (Å²) >= 11 is 1.92. The molecule has 0 saturated heterocycles. The summed E-state index contributed by atoms with van der Waals surface area (Å²) in [6.45, 7) is 2.26. The average Bonchev–Trinajstić information content (AvgIpc) is 3.10. The molecule has 0 aliphatic rings. The van der Waals surface area contributed by atoms with Crippen molar-refractivity contribution in [2.45, 2.75) is 19.8 Å². The molecule has 0 bridgehead atoms. The summed E-state index contributed by atoms with van der Waals surface area (Å²) in [6.07, 6.45) is 2.34. The van der Waals surface area contributed by atoms with Crippen molar-refractivity contribution in [2.24, 2.45) is 7.05 Å². The zero-order valence-electron chi connectivity index (χ0n) is 14.0. The topological polar surface area (TPSA) is 4.93 Å². The quantitative estimate of drug-likeness (QED) is 0.341. The van der Waals surface area contributed by atoms with Gasteiger partial charge in [0.2, 0.25) is 0 Å². The van der Waals surface area contributed by atoms with Gasteiger partial charge in [0.1, 0.15) is 0 Å². The van der Waals surface area contributed by atoms with Gasteiger partial charge >= 0.3 is 0 Å². The molecule has 0 spiro atoms. The second kappa shape index (κ2) is 5.09. The van der Waals surface area contributed by atoms with Gasteiger partial charge < -0.3 is 4.57 Å². The molecule has 0 radical (unpaired) electrons. The molecule has 0 atom stereocenters. The highest BCUT2D eigenvalue weighted by atomic mass is 32.1. The van der Waals surface area contributed by atoms with E-state index in [1.54, 1.807) is 0 Å². The van der Waals surface area contributed by atoms with Crippen LogP contribution in [0.1, 0.15) is 18.9 Å². The van der Waals surface area contributed by atoms with Crippen LogP contribution in [0.3, 0.4) is 0 Å². The second-order valence-corrected chi connectivity index (χ2v) is 7.67. The van der Waals surface area contributed by atoms with Crippen LogP contribution >= 0.6 is 11.3 Å². The minimum Gasteiger partial charge on any atom is -0.344 e. The number of thiophene rings is 1. The normalized spacial score (nSPS) is 12.1. The van der Waals surface area contributed by atoms with Crippen molar-refractivity contribution in [1.82, 2.24) is 4.57 Å². The number of aromatic nitrogens is 1. The fraction of sp³-hybridized carbons (Fsp3) is 0.182. The maximum Gasteiger partial charge on any atom is 0.0503 e. The average molecular weight is 329 g/mol. The smallest absolute Gasteiger partial charge is 0.0503 e. The third-order valence-corrected chi connectivity index (χ3v) is 6.25. The van der Waals surface area contributed by atoms with E-state index in [1.807, 2.05) is 11.3 Å². The number of para-hydroxylation sites is 1. The Kier molecular flexibility index (Phi) is 2.98.